The van der Waals surface area contributed by atoms with Gasteiger partial charge in [-0.05, 0) is 38.2 Å². The van der Waals surface area contributed by atoms with Crippen molar-refractivity contribution in [3.8, 4) is 0 Å². The molecule has 0 aliphatic rings. The van der Waals surface area contributed by atoms with E-state index in [1.54, 1.807) is 0 Å². The van der Waals surface area contributed by atoms with Gasteiger partial charge in [0.05, 0.1) is 0 Å². The van der Waals surface area contributed by atoms with E-state index in [1.807, 2.05) is 6.08 Å². The van der Waals surface area contributed by atoms with Gasteiger partial charge in [0.2, 0.25) is 0 Å². The molecule has 1 N–H and O–H groups in total. The van der Waals surface area contributed by atoms with Crippen LogP contribution in [0.2, 0.25) is 0 Å². The molecule has 0 aliphatic heterocycles. The van der Waals surface area contributed by atoms with E-state index in [1.165, 1.54) is 25.7 Å². The van der Waals surface area contributed by atoms with E-state index < -0.39 is 5.97 Å². The number of carbonyl (C=O) groups is 1. The van der Waals surface area contributed by atoms with E-state index >= 15 is 0 Å². The van der Waals surface area contributed by atoms with Crippen LogP contribution in [0.25, 0.3) is 0 Å². The summed E-state index contributed by atoms with van der Waals surface area (Å²) in [4.78, 5) is 10.3. The normalized spacial score (nSPS) is 12.2. The second kappa shape index (κ2) is 14.6. The first-order valence-electron chi connectivity index (χ1n) is 7.90. The number of aliphatic carboxylic acids is 1. The topological polar surface area (TPSA) is 37.3 Å². The van der Waals surface area contributed by atoms with Crippen molar-refractivity contribution in [2.24, 2.45) is 0 Å². The van der Waals surface area contributed by atoms with E-state index in [0.29, 0.717) is 6.42 Å². The fourth-order valence-corrected chi connectivity index (χ4v) is 2.17. The Labute approximate surface area is 128 Å². The molecule has 0 rings (SSSR count). The zero-order valence-electron chi connectivity index (χ0n) is 12.7. The van der Waals surface area contributed by atoms with Crippen LogP contribution in [0.1, 0.15) is 77.6 Å². The highest BCUT2D eigenvalue weighted by molar-refractivity contribution is 6.31. The van der Waals surface area contributed by atoms with Crippen molar-refractivity contribution in [1.82, 2.24) is 0 Å². The van der Waals surface area contributed by atoms with Gasteiger partial charge in [-0.1, -0.05) is 62.8 Å². The van der Waals surface area contributed by atoms with E-state index in [9.17, 15) is 4.79 Å². The molecule has 0 aliphatic carbocycles. The van der Waals surface area contributed by atoms with Crippen LogP contribution in [0.5, 0.6) is 0 Å². The largest absolute Gasteiger partial charge is 0.481 e. The Bertz CT molecular complexity index is 295. The standard InChI is InChI=1S/C17H29ClO2/c1-2-3-4-10-13-16(18)14-11-8-6-5-7-9-12-15-17(19)20/h11,13-14H,2-10,12,15H2,1H3,(H,19,20)/b14-11+,16-13-. The van der Waals surface area contributed by atoms with E-state index in [0.717, 1.165) is 43.6 Å². The summed E-state index contributed by atoms with van der Waals surface area (Å²) in [7, 11) is 0. The van der Waals surface area contributed by atoms with Crippen molar-refractivity contribution in [2.45, 2.75) is 77.6 Å². The number of carboxylic acid groups (broad SMARTS) is 1. The second-order valence-electron chi connectivity index (χ2n) is 5.19. The Kier molecular flexibility index (Phi) is 14.1. The van der Waals surface area contributed by atoms with Gasteiger partial charge >= 0.3 is 5.97 Å². The van der Waals surface area contributed by atoms with Gasteiger partial charge in [-0.15, -0.1) is 0 Å². The highest BCUT2D eigenvalue weighted by Gasteiger charge is 1.95. The monoisotopic (exact) mass is 300 g/mol. The predicted molar refractivity (Wildman–Crippen MR) is 87.2 cm³/mol. The van der Waals surface area contributed by atoms with Crippen LogP contribution in [-0.4, -0.2) is 11.1 Å². The highest BCUT2D eigenvalue weighted by atomic mass is 35.5. The zero-order chi connectivity index (χ0) is 15.1. The van der Waals surface area contributed by atoms with Gasteiger partial charge in [-0.3, -0.25) is 4.79 Å². The summed E-state index contributed by atoms with van der Waals surface area (Å²) >= 11 is 6.09. The third kappa shape index (κ3) is 15.3. The molecular weight excluding hydrogens is 272 g/mol. The van der Waals surface area contributed by atoms with Gasteiger partial charge in [-0.25, -0.2) is 0 Å². The minimum atomic E-state index is -0.687. The Morgan fingerprint density at radius 2 is 1.65 bits per heavy atom. The van der Waals surface area contributed by atoms with Crippen molar-refractivity contribution < 1.29 is 9.90 Å². The summed E-state index contributed by atoms with van der Waals surface area (Å²) in [6, 6.07) is 0. The molecule has 116 valence electrons. The van der Waals surface area contributed by atoms with Gasteiger partial charge in [-0.2, -0.15) is 0 Å². The third-order valence-electron chi connectivity index (χ3n) is 3.19. The Balaban J connectivity index is 3.40. The molecule has 0 spiro atoms. The second-order valence-corrected chi connectivity index (χ2v) is 5.62. The summed E-state index contributed by atoms with van der Waals surface area (Å²) in [5, 5.41) is 9.35. The number of allylic oxidation sites excluding steroid dienone is 4. The molecule has 0 heterocycles. The lowest BCUT2D eigenvalue weighted by atomic mass is 10.1. The maximum atomic E-state index is 10.3. The van der Waals surface area contributed by atoms with Crippen molar-refractivity contribution in [2.75, 3.05) is 0 Å². The van der Waals surface area contributed by atoms with Gasteiger partial charge < -0.3 is 5.11 Å². The first-order chi connectivity index (χ1) is 9.66. The SMILES string of the molecule is CCCCC/C=C(Cl)/C=C/CCCCCCCC(=O)O. The van der Waals surface area contributed by atoms with Crippen LogP contribution in [0.3, 0.4) is 0 Å². The average molecular weight is 301 g/mol. The van der Waals surface area contributed by atoms with Gasteiger partial charge in [0.25, 0.3) is 0 Å². The predicted octanol–water partition coefficient (Wildman–Crippen LogP) is 6.06. The number of halogens is 1. The minimum absolute atomic E-state index is 0.304. The molecule has 0 bridgehead atoms. The fraction of sp³-hybridized carbons (Fsp3) is 0.706. The van der Waals surface area contributed by atoms with E-state index in [-0.39, 0.29) is 0 Å². The average Bonchev–Trinajstić information content (AvgIpc) is 2.41. The molecule has 20 heavy (non-hydrogen) atoms. The summed E-state index contributed by atoms with van der Waals surface area (Å²) in [5.41, 5.74) is 0. The molecule has 0 amide bonds. The molecule has 0 saturated carbocycles. The number of hydrogen-bond donors (Lipinski definition) is 1. The molecule has 0 atom stereocenters. The van der Waals surface area contributed by atoms with Crippen LogP contribution in [0.4, 0.5) is 0 Å². The van der Waals surface area contributed by atoms with Gasteiger partial charge in [0.15, 0.2) is 0 Å². The van der Waals surface area contributed by atoms with Crippen molar-refractivity contribution in [3.63, 3.8) is 0 Å². The number of unbranched alkanes of at least 4 members (excludes halogenated alkanes) is 8. The zero-order valence-corrected chi connectivity index (χ0v) is 13.5. The van der Waals surface area contributed by atoms with Crippen LogP contribution >= 0.6 is 11.6 Å². The molecule has 0 radical (unpaired) electrons. The fourth-order valence-electron chi connectivity index (χ4n) is 1.97. The van der Waals surface area contributed by atoms with E-state index in [2.05, 4.69) is 19.1 Å². The molecular formula is C17H29ClO2. The Morgan fingerprint density at radius 1 is 1.00 bits per heavy atom. The lowest BCUT2D eigenvalue weighted by Crippen LogP contribution is -1.93. The first-order valence-corrected chi connectivity index (χ1v) is 8.28. The summed E-state index contributed by atoms with van der Waals surface area (Å²) < 4.78 is 0. The Hall–Kier alpha value is -0.760. The number of carboxylic acids is 1. The minimum Gasteiger partial charge on any atom is -0.481 e. The third-order valence-corrected chi connectivity index (χ3v) is 3.47. The number of rotatable bonds is 13. The highest BCUT2D eigenvalue weighted by Crippen LogP contribution is 2.11. The molecule has 0 fully saturated rings. The first kappa shape index (κ1) is 19.2. The van der Waals surface area contributed by atoms with Crippen LogP contribution < -0.4 is 0 Å². The summed E-state index contributed by atoms with van der Waals surface area (Å²) in [6.45, 7) is 2.20. The molecule has 2 nitrogen and oxygen atoms in total. The maximum Gasteiger partial charge on any atom is 0.303 e. The quantitative estimate of drug-likeness (QED) is 0.331. The molecule has 3 heteroatoms. The lowest BCUT2D eigenvalue weighted by Gasteiger charge is -1.98. The maximum absolute atomic E-state index is 10.3. The van der Waals surface area contributed by atoms with Crippen LogP contribution in [0.15, 0.2) is 23.3 Å². The molecule has 0 aromatic heterocycles. The van der Waals surface area contributed by atoms with Crippen molar-refractivity contribution in [1.29, 1.82) is 0 Å². The van der Waals surface area contributed by atoms with Crippen LogP contribution in [-0.2, 0) is 4.79 Å². The number of hydrogen-bond acceptors (Lipinski definition) is 1. The smallest absolute Gasteiger partial charge is 0.303 e. The lowest BCUT2D eigenvalue weighted by molar-refractivity contribution is -0.137. The van der Waals surface area contributed by atoms with Crippen molar-refractivity contribution in [3.05, 3.63) is 23.3 Å². The van der Waals surface area contributed by atoms with Crippen LogP contribution in [0, 0.1) is 0 Å². The van der Waals surface area contributed by atoms with Crippen molar-refractivity contribution >= 4 is 17.6 Å². The summed E-state index contributed by atoms with van der Waals surface area (Å²) in [5.74, 6) is -0.687. The van der Waals surface area contributed by atoms with Gasteiger partial charge in [0, 0.05) is 11.5 Å². The molecule has 0 aromatic rings. The molecule has 0 aromatic carbocycles. The molecule has 0 saturated heterocycles. The molecule has 0 unspecified atom stereocenters. The summed E-state index contributed by atoms with van der Waals surface area (Å²) in [6.07, 6.45) is 17.7. The Morgan fingerprint density at radius 3 is 2.35 bits per heavy atom. The van der Waals surface area contributed by atoms with Gasteiger partial charge in [0.1, 0.15) is 0 Å². The van der Waals surface area contributed by atoms with E-state index in [4.69, 9.17) is 16.7 Å².